The first kappa shape index (κ1) is 18.5. The van der Waals surface area contributed by atoms with Crippen LogP contribution in [0, 0.1) is 0 Å². The van der Waals surface area contributed by atoms with E-state index in [-0.39, 0.29) is 17.5 Å². The Morgan fingerprint density at radius 2 is 1.85 bits per heavy atom. The third-order valence-corrected chi connectivity index (χ3v) is 8.06. The summed E-state index contributed by atoms with van der Waals surface area (Å²) in [6, 6.07) is 13.9. The van der Waals surface area contributed by atoms with Crippen LogP contribution >= 0.6 is 11.6 Å². The van der Waals surface area contributed by atoms with Gasteiger partial charge in [-0.25, -0.2) is 8.42 Å². The van der Waals surface area contributed by atoms with E-state index in [4.69, 9.17) is 16.3 Å². The molecular weight excluding hydrogens is 386 g/mol. The van der Waals surface area contributed by atoms with Crippen molar-refractivity contribution in [1.29, 1.82) is 0 Å². The van der Waals surface area contributed by atoms with Gasteiger partial charge in [0.15, 0.2) is 14.6 Å². The van der Waals surface area contributed by atoms with Crippen molar-refractivity contribution in [2.75, 3.05) is 13.2 Å². The summed E-state index contributed by atoms with van der Waals surface area (Å²) < 4.78 is 30.4. The molecule has 0 bridgehead atoms. The highest BCUT2D eigenvalue weighted by Gasteiger charge is 2.61. The van der Waals surface area contributed by atoms with Crippen molar-refractivity contribution in [3.63, 3.8) is 0 Å². The fraction of sp³-hybridized carbons (Fsp3) is 0.350. The highest BCUT2D eigenvalue weighted by atomic mass is 35.5. The summed E-state index contributed by atoms with van der Waals surface area (Å²) in [5.74, 6) is -0.455. The molecule has 5 nitrogen and oxygen atoms in total. The number of carbonyl (C=O) groups excluding carboxylic acids is 1. The largest absolute Gasteiger partial charge is 0.371 e. The SMILES string of the molecule is O=C(NCC1OCCc2ccccc21)C1(S(=O)(=O)c2ccc(Cl)cc2)CC1. The number of nitrogens with one attached hydrogen (secondary N) is 1. The molecule has 0 aromatic heterocycles. The van der Waals surface area contributed by atoms with E-state index < -0.39 is 20.5 Å². The van der Waals surface area contributed by atoms with Gasteiger partial charge in [0.1, 0.15) is 6.10 Å². The first-order valence-corrected chi connectivity index (χ1v) is 10.8. The molecule has 1 aliphatic carbocycles. The van der Waals surface area contributed by atoms with Gasteiger partial charge in [-0.15, -0.1) is 0 Å². The van der Waals surface area contributed by atoms with Crippen molar-refractivity contribution in [1.82, 2.24) is 5.32 Å². The Hall–Kier alpha value is -1.89. The van der Waals surface area contributed by atoms with E-state index >= 15 is 0 Å². The minimum atomic E-state index is -3.77. The maximum Gasteiger partial charge on any atom is 0.241 e. The molecule has 1 unspecified atom stereocenters. The summed E-state index contributed by atoms with van der Waals surface area (Å²) in [6.07, 6.45) is 1.24. The lowest BCUT2D eigenvalue weighted by atomic mass is 9.97. The Morgan fingerprint density at radius 3 is 2.56 bits per heavy atom. The summed E-state index contributed by atoms with van der Waals surface area (Å²) in [6.45, 7) is 0.847. The fourth-order valence-corrected chi connectivity index (χ4v) is 5.59. The summed E-state index contributed by atoms with van der Waals surface area (Å²) in [5, 5.41) is 3.27. The molecule has 2 aliphatic rings. The van der Waals surface area contributed by atoms with Crippen LogP contribution in [0.4, 0.5) is 0 Å². The van der Waals surface area contributed by atoms with Crippen molar-refractivity contribution < 1.29 is 17.9 Å². The Balaban J connectivity index is 1.50. The Bertz CT molecular complexity index is 968. The maximum absolute atomic E-state index is 13.0. The van der Waals surface area contributed by atoms with E-state index in [1.165, 1.54) is 29.8 Å². The quantitative estimate of drug-likeness (QED) is 0.829. The molecule has 0 spiro atoms. The zero-order chi connectivity index (χ0) is 19.1. The van der Waals surface area contributed by atoms with E-state index in [2.05, 4.69) is 11.4 Å². The van der Waals surface area contributed by atoms with Gasteiger partial charge in [0.25, 0.3) is 0 Å². The molecule has 27 heavy (non-hydrogen) atoms. The number of fused-ring (bicyclic) bond motifs is 1. The van der Waals surface area contributed by atoms with Crippen LogP contribution in [0.25, 0.3) is 0 Å². The van der Waals surface area contributed by atoms with E-state index in [0.29, 0.717) is 24.5 Å². The molecule has 142 valence electrons. The van der Waals surface area contributed by atoms with Crippen molar-refractivity contribution in [3.05, 3.63) is 64.7 Å². The number of hydrogen-bond acceptors (Lipinski definition) is 4. The minimum absolute atomic E-state index is 0.124. The topological polar surface area (TPSA) is 72.5 Å². The molecule has 1 aliphatic heterocycles. The molecule has 0 saturated heterocycles. The van der Waals surface area contributed by atoms with Crippen molar-refractivity contribution >= 4 is 27.3 Å². The van der Waals surface area contributed by atoms with Crippen LogP contribution in [0.15, 0.2) is 53.4 Å². The predicted molar refractivity (Wildman–Crippen MR) is 102 cm³/mol. The van der Waals surface area contributed by atoms with Gasteiger partial charge in [-0.05, 0) is 54.7 Å². The zero-order valence-electron chi connectivity index (χ0n) is 14.7. The maximum atomic E-state index is 13.0. The standard InChI is InChI=1S/C20H20ClNO4S/c21-15-5-7-16(8-6-15)27(24,25)20(10-11-20)19(23)22-13-18-17-4-2-1-3-14(17)9-12-26-18/h1-8,18H,9-13H2,(H,22,23). The number of ether oxygens (including phenoxy) is 1. The number of rotatable bonds is 5. The average Bonchev–Trinajstić information content (AvgIpc) is 3.49. The molecule has 7 heteroatoms. The Labute approximate surface area is 163 Å². The van der Waals surface area contributed by atoms with Crippen LogP contribution in [-0.4, -0.2) is 32.2 Å². The first-order valence-electron chi connectivity index (χ1n) is 8.92. The molecule has 1 atom stereocenters. The number of hydrogen-bond donors (Lipinski definition) is 1. The van der Waals surface area contributed by atoms with Gasteiger partial charge in [0.2, 0.25) is 5.91 Å². The zero-order valence-corrected chi connectivity index (χ0v) is 16.2. The third kappa shape index (κ3) is 3.26. The highest BCUT2D eigenvalue weighted by molar-refractivity contribution is 7.94. The average molecular weight is 406 g/mol. The van der Waals surface area contributed by atoms with Gasteiger partial charge >= 0.3 is 0 Å². The smallest absolute Gasteiger partial charge is 0.241 e. The minimum Gasteiger partial charge on any atom is -0.371 e. The highest BCUT2D eigenvalue weighted by Crippen LogP contribution is 2.47. The number of carbonyl (C=O) groups is 1. The summed E-state index contributed by atoms with van der Waals surface area (Å²) in [5.41, 5.74) is 2.26. The second-order valence-electron chi connectivity index (χ2n) is 6.97. The molecule has 1 amide bonds. The molecule has 1 fully saturated rings. The van der Waals surface area contributed by atoms with Crippen LogP contribution in [-0.2, 0) is 25.8 Å². The van der Waals surface area contributed by atoms with E-state index in [1.54, 1.807) is 0 Å². The normalized spacial score (nSPS) is 20.6. The van der Waals surface area contributed by atoms with Crippen molar-refractivity contribution in [3.8, 4) is 0 Å². The van der Waals surface area contributed by atoms with Gasteiger partial charge in [0, 0.05) is 11.6 Å². The molecule has 1 heterocycles. The van der Waals surface area contributed by atoms with Crippen molar-refractivity contribution in [2.24, 2.45) is 0 Å². The fourth-order valence-electron chi connectivity index (χ4n) is 3.56. The molecule has 4 rings (SSSR count). The van der Waals surface area contributed by atoms with Crippen LogP contribution in [0.5, 0.6) is 0 Å². The molecule has 1 saturated carbocycles. The Morgan fingerprint density at radius 1 is 1.15 bits per heavy atom. The van der Waals surface area contributed by atoms with Gasteiger partial charge < -0.3 is 10.1 Å². The Kier molecular flexibility index (Phi) is 4.74. The monoisotopic (exact) mass is 405 g/mol. The van der Waals surface area contributed by atoms with E-state index in [9.17, 15) is 13.2 Å². The summed E-state index contributed by atoms with van der Waals surface area (Å²) >= 11 is 5.84. The second kappa shape index (κ2) is 6.93. The molecule has 1 N–H and O–H groups in total. The lowest BCUT2D eigenvalue weighted by Crippen LogP contribution is -2.44. The van der Waals surface area contributed by atoms with Crippen LogP contribution < -0.4 is 5.32 Å². The van der Waals surface area contributed by atoms with Gasteiger partial charge in [0.05, 0.1) is 11.5 Å². The number of halogens is 1. The number of amides is 1. The second-order valence-corrected chi connectivity index (χ2v) is 9.67. The summed E-state index contributed by atoms with van der Waals surface area (Å²) in [7, 11) is -3.77. The van der Waals surface area contributed by atoms with Crippen LogP contribution in [0.2, 0.25) is 5.02 Å². The lowest BCUT2D eigenvalue weighted by Gasteiger charge is -2.27. The number of benzene rings is 2. The van der Waals surface area contributed by atoms with E-state index in [0.717, 1.165) is 12.0 Å². The molecule has 0 radical (unpaired) electrons. The van der Waals surface area contributed by atoms with E-state index in [1.807, 2.05) is 18.2 Å². The van der Waals surface area contributed by atoms with Gasteiger partial charge in [-0.1, -0.05) is 35.9 Å². The predicted octanol–water partition coefficient (Wildman–Crippen LogP) is 3.08. The summed E-state index contributed by atoms with van der Waals surface area (Å²) in [4.78, 5) is 12.9. The van der Waals surface area contributed by atoms with Gasteiger partial charge in [-0.2, -0.15) is 0 Å². The van der Waals surface area contributed by atoms with Crippen LogP contribution in [0.3, 0.4) is 0 Å². The molecular formula is C20H20ClNO4S. The third-order valence-electron chi connectivity index (χ3n) is 5.30. The number of sulfone groups is 1. The molecule has 2 aromatic carbocycles. The van der Waals surface area contributed by atoms with Gasteiger partial charge in [-0.3, -0.25) is 4.79 Å². The van der Waals surface area contributed by atoms with Crippen molar-refractivity contribution in [2.45, 2.75) is 35.0 Å². The first-order chi connectivity index (χ1) is 12.9. The lowest BCUT2D eigenvalue weighted by molar-refractivity contribution is -0.122. The van der Waals surface area contributed by atoms with Crippen LogP contribution in [0.1, 0.15) is 30.1 Å². The molecule has 2 aromatic rings.